The van der Waals surface area contributed by atoms with Gasteiger partial charge in [0.15, 0.2) is 5.50 Å². The first-order valence-corrected chi connectivity index (χ1v) is 6.69. The predicted molar refractivity (Wildman–Crippen MR) is 83.8 cm³/mol. The van der Waals surface area contributed by atoms with Crippen molar-refractivity contribution < 1.29 is 0 Å². The molecule has 0 aliphatic carbocycles. The zero-order chi connectivity index (χ0) is 13.2. The standard InChI is InChI=1S/C15H15N3S/c1-12-7-9-13(10-8-12)17-11-16-15(19)18(17)14-5-3-2-4-6-14/h2-11,15,19H,1H3. The van der Waals surface area contributed by atoms with E-state index in [9.17, 15) is 0 Å². The third-order valence-electron chi connectivity index (χ3n) is 3.08. The molecule has 1 aliphatic rings. The molecule has 2 aromatic rings. The van der Waals surface area contributed by atoms with Crippen molar-refractivity contribution in [3.63, 3.8) is 0 Å². The zero-order valence-corrected chi connectivity index (χ0v) is 11.5. The van der Waals surface area contributed by atoms with Gasteiger partial charge in [0, 0.05) is 0 Å². The first-order chi connectivity index (χ1) is 9.25. The second kappa shape index (κ2) is 4.97. The number of aliphatic imine (C=N–C) groups is 1. The van der Waals surface area contributed by atoms with Crippen molar-refractivity contribution in [2.24, 2.45) is 4.99 Å². The van der Waals surface area contributed by atoms with Gasteiger partial charge in [-0.05, 0) is 31.2 Å². The van der Waals surface area contributed by atoms with Crippen LogP contribution in [0, 0.1) is 6.92 Å². The van der Waals surface area contributed by atoms with Crippen LogP contribution < -0.4 is 10.0 Å². The molecule has 0 amide bonds. The van der Waals surface area contributed by atoms with Crippen LogP contribution in [-0.4, -0.2) is 11.8 Å². The summed E-state index contributed by atoms with van der Waals surface area (Å²) in [5.41, 5.74) is 3.20. The fourth-order valence-corrected chi connectivity index (χ4v) is 2.38. The molecule has 1 aliphatic heterocycles. The molecule has 0 aromatic heterocycles. The topological polar surface area (TPSA) is 18.8 Å². The van der Waals surface area contributed by atoms with E-state index in [4.69, 9.17) is 0 Å². The van der Waals surface area contributed by atoms with Crippen LogP contribution in [-0.2, 0) is 0 Å². The molecule has 0 fully saturated rings. The summed E-state index contributed by atoms with van der Waals surface area (Å²) in [7, 11) is 0. The highest BCUT2D eigenvalue weighted by Gasteiger charge is 2.26. The van der Waals surface area contributed by atoms with Crippen molar-refractivity contribution in [1.82, 2.24) is 0 Å². The highest BCUT2D eigenvalue weighted by atomic mass is 32.1. The summed E-state index contributed by atoms with van der Waals surface area (Å²) in [6.45, 7) is 2.08. The van der Waals surface area contributed by atoms with E-state index in [1.807, 2.05) is 34.6 Å². The number of hydrogen-bond acceptors (Lipinski definition) is 4. The second-order valence-corrected chi connectivity index (χ2v) is 4.93. The number of thiol groups is 1. The van der Waals surface area contributed by atoms with Crippen molar-refractivity contribution in [1.29, 1.82) is 0 Å². The van der Waals surface area contributed by atoms with E-state index in [0.29, 0.717) is 0 Å². The van der Waals surface area contributed by atoms with Crippen LogP contribution in [0.3, 0.4) is 0 Å². The van der Waals surface area contributed by atoms with Gasteiger partial charge in [0.2, 0.25) is 0 Å². The third kappa shape index (κ3) is 2.31. The SMILES string of the molecule is Cc1ccc(N2C=NC(S)N2c2ccccc2)cc1. The smallest absolute Gasteiger partial charge is 0.186 e. The zero-order valence-electron chi connectivity index (χ0n) is 10.6. The van der Waals surface area contributed by atoms with Crippen molar-refractivity contribution in [2.45, 2.75) is 12.4 Å². The Labute approximate surface area is 118 Å². The van der Waals surface area contributed by atoms with Crippen LogP contribution in [0.1, 0.15) is 5.56 Å². The Morgan fingerprint density at radius 2 is 1.63 bits per heavy atom. The van der Waals surface area contributed by atoms with E-state index in [0.717, 1.165) is 11.4 Å². The molecule has 96 valence electrons. The lowest BCUT2D eigenvalue weighted by molar-refractivity contribution is 0.860. The van der Waals surface area contributed by atoms with Gasteiger partial charge >= 0.3 is 0 Å². The Kier molecular flexibility index (Phi) is 3.17. The molecule has 0 saturated carbocycles. The maximum atomic E-state index is 4.51. The van der Waals surface area contributed by atoms with Crippen LogP contribution in [0.2, 0.25) is 0 Å². The van der Waals surface area contributed by atoms with Gasteiger partial charge in [-0.25, -0.2) is 15.0 Å². The molecule has 0 bridgehead atoms. The molecule has 3 rings (SSSR count). The molecule has 4 heteroatoms. The molecule has 1 unspecified atom stereocenters. The van der Waals surface area contributed by atoms with E-state index < -0.39 is 0 Å². The molecule has 3 nitrogen and oxygen atoms in total. The first-order valence-electron chi connectivity index (χ1n) is 6.17. The third-order valence-corrected chi connectivity index (χ3v) is 3.43. The molecule has 0 spiro atoms. The predicted octanol–water partition coefficient (Wildman–Crippen LogP) is 3.48. The summed E-state index contributed by atoms with van der Waals surface area (Å²) < 4.78 is 0. The summed E-state index contributed by atoms with van der Waals surface area (Å²) in [4.78, 5) is 4.37. The normalized spacial score (nSPS) is 18.1. The largest absolute Gasteiger partial charge is 0.246 e. The number of hydrogen-bond donors (Lipinski definition) is 1. The van der Waals surface area contributed by atoms with Gasteiger partial charge in [0.1, 0.15) is 6.34 Å². The highest BCUT2D eigenvalue weighted by Crippen LogP contribution is 2.28. The van der Waals surface area contributed by atoms with Gasteiger partial charge < -0.3 is 0 Å². The average molecular weight is 269 g/mol. The Morgan fingerprint density at radius 1 is 0.947 bits per heavy atom. The lowest BCUT2D eigenvalue weighted by Gasteiger charge is -2.31. The highest BCUT2D eigenvalue weighted by molar-refractivity contribution is 7.81. The quantitative estimate of drug-likeness (QED) is 0.842. The van der Waals surface area contributed by atoms with Gasteiger partial charge in [0.25, 0.3) is 0 Å². The van der Waals surface area contributed by atoms with Gasteiger partial charge in [-0.2, -0.15) is 0 Å². The number of nitrogens with zero attached hydrogens (tertiary/aromatic N) is 3. The van der Waals surface area contributed by atoms with E-state index in [1.165, 1.54) is 5.56 Å². The van der Waals surface area contributed by atoms with Crippen molar-refractivity contribution >= 4 is 30.3 Å². The maximum Gasteiger partial charge on any atom is 0.186 e. The fraction of sp³-hybridized carbons (Fsp3) is 0.133. The van der Waals surface area contributed by atoms with Gasteiger partial charge in [0.05, 0.1) is 11.4 Å². The molecule has 0 radical (unpaired) electrons. The van der Waals surface area contributed by atoms with Gasteiger partial charge in [-0.15, -0.1) is 12.6 Å². The summed E-state index contributed by atoms with van der Waals surface area (Å²) in [6.07, 6.45) is 1.81. The van der Waals surface area contributed by atoms with Crippen molar-refractivity contribution in [3.8, 4) is 0 Å². The Morgan fingerprint density at radius 3 is 2.32 bits per heavy atom. The Balaban J connectivity index is 1.96. The second-order valence-electron chi connectivity index (χ2n) is 4.47. The first kappa shape index (κ1) is 12.1. The maximum absolute atomic E-state index is 4.51. The van der Waals surface area contributed by atoms with E-state index in [2.05, 4.69) is 60.9 Å². The molecule has 1 atom stereocenters. The number of benzene rings is 2. The Bertz CT molecular complexity index is 580. The monoisotopic (exact) mass is 269 g/mol. The van der Waals surface area contributed by atoms with Crippen LogP contribution in [0.5, 0.6) is 0 Å². The molecule has 1 heterocycles. The minimum atomic E-state index is -0.191. The van der Waals surface area contributed by atoms with Crippen molar-refractivity contribution in [3.05, 3.63) is 60.2 Å². The molecular formula is C15H15N3S. The van der Waals surface area contributed by atoms with E-state index in [-0.39, 0.29) is 5.50 Å². The number of rotatable bonds is 2. The number of aryl methyl sites for hydroxylation is 1. The number of para-hydroxylation sites is 1. The lowest BCUT2D eigenvalue weighted by atomic mass is 10.2. The van der Waals surface area contributed by atoms with Crippen molar-refractivity contribution in [2.75, 3.05) is 10.0 Å². The molecule has 0 N–H and O–H groups in total. The molecule has 19 heavy (non-hydrogen) atoms. The molecule has 0 saturated heterocycles. The number of anilines is 2. The minimum absolute atomic E-state index is 0.191. The van der Waals surface area contributed by atoms with Crippen LogP contribution in [0.15, 0.2) is 59.6 Å². The fourth-order valence-electron chi connectivity index (χ4n) is 2.08. The molecular weight excluding hydrogens is 254 g/mol. The summed E-state index contributed by atoms with van der Waals surface area (Å²) in [6, 6.07) is 18.5. The summed E-state index contributed by atoms with van der Waals surface area (Å²) >= 11 is 4.51. The molecule has 2 aromatic carbocycles. The van der Waals surface area contributed by atoms with Gasteiger partial charge in [-0.1, -0.05) is 35.9 Å². The van der Waals surface area contributed by atoms with E-state index >= 15 is 0 Å². The van der Waals surface area contributed by atoms with E-state index in [1.54, 1.807) is 0 Å². The summed E-state index contributed by atoms with van der Waals surface area (Å²) in [5, 5.41) is 4.07. The average Bonchev–Trinajstić information content (AvgIpc) is 2.82. The van der Waals surface area contributed by atoms with Crippen LogP contribution in [0.4, 0.5) is 11.4 Å². The Hall–Kier alpha value is -1.94. The van der Waals surface area contributed by atoms with Crippen LogP contribution >= 0.6 is 12.6 Å². The van der Waals surface area contributed by atoms with Gasteiger partial charge in [-0.3, -0.25) is 0 Å². The lowest BCUT2D eigenvalue weighted by Crippen LogP contribution is -2.40. The van der Waals surface area contributed by atoms with Crippen LogP contribution in [0.25, 0.3) is 0 Å². The summed E-state index contributed by atoms with van der Waals surface area (Å²) in [5.74, 6) is 0. The number of hydrazine groups is 1. The minimum Gasteiger partial charge on any atom is -0.246 e.